The highest BCUT2D eigenvalue weighted by Gasteiger charge is 2.26. The number of anilines is 1. The summed E-state index contributed by atoms with van der Waals surface area (Å²) in [5.41, 5.74) is 4.94. The molecule has 0 bridgehead atoms. The molecule has 0 N–H and O–H groups in total. The summed E-state index contributed by atoms with van der Waals surface area (Å²) in [6.07, 6.45) is 4.56. The Labute approximate surface area is 139 Å². The van der Waals surface area contributed by atoms with E-state index in [2.05, 4.69) is 4.98 Å². The Morgan fingerprint density at radius 2 is 1.96 bits per heavy atom. The average Bonchev–Trinajstić information content (AvgIpc) is 3.14. The zero-order valence-corrected chi connectivity index (χ0v) is 13.6. The molecule has 3 heterocycles. The number of rotatable bonds is 2. The third kappa shape index (κ3) is 2.29. The average molecular weight is 319 g/mol. The second-order valence-electron chi connectivity index (χ2n) is 6.17. The normalized spacial score (nSPS) is 13.3. The van der Waals surface area contributed by atoms with Crippen LogP contribution in [-0.4, -0.2) is 27.6 Å². The number of imidazole rings is 1. The Hall–Kier alpha value is -2.95. The van der Waals surface area contributed by atoms with Crippen LogP contribution in [0.2, 0.25) is 0 Å². The lowest BCUT2D eigenvalue weighted by Crippen LogP contribution is -2.28. The summed E-state index contributed by atoms with van der Waals surface area (Å²) >= 11 is 0. The van der Waals surface area contributed by atoms with Gasteiger partial charge in [-0.05, 0) is 56.2 Å². The molecule has 1 aromatic carbocycles. The number of aromatic nitrogens is 2. The largest absolute Gasteiger partial charge is 0.308 e. The molecule has 0 saturated carbocycles. The van der Waals surface area contributed by atoms with Crippen LogP contribution in [0.1, 0.15) is 38.9 Å². The van der Waals surface area contributed by atoms with Crippen molar-refractivity contribution in [3.8, 4) is 0 Å². The van der Waals surface area contributed by atoms with Crippen molar-refractivity contribution in [2.45, 2.75) is 20.3 Å². The first kappa shape index (κ1) is 14.6. The maximum absolute atomic E-state index is 12.9. The molecular formula is C19H17N3O2. The Balaban J connectivity index is 1.69. The highest BCUT2D eigenvalue weighted by Crippen LogP contribution is 2.30. The van der Waals surface area contributed by atoms with Gasteiger partial charge in [-0.25, -0.2) is 4.98 Å². The molecule has 4 rings (SSSR count). The van der Waals surface area contributed by atoms with Gasteiger partial charge in [0, 0.05) is 35.8 Å². The third-order valence-electron chi connectivity index (χ3n) is 4.45. The van der Waals surface area contributed by atoms with Gasteiger partial charge < -0.3 is 9.30 Å². The molecule has 0 fully saturated rings. The maximum atomic E-state index is 12.9. The summed E-state index contributed by atoms with van der Waals surface area (Å²) in [4.78, 5) is 30.6. The van der Waals surface area contributed by atoms with Crippen LogP contribution in [-0.2, 0) is 6.42 Å². The van der Waals surface area contributed by atoms with Crippen molar-refractivity contribution in [2.75, 3.05) is 11.4 Å². The van der Waals surface area contributed by atoms with Crippen LogP contribution in [0.5, 0.6) is 0 Å². The Bertz CT molecular complexity index is 987. The number of carbonyl (C=O) groups is 2. The predicted octanol–water partition coefficient (Wildman–Crippen LogP) is 3.05. The van der Waals surface area contributed by atoms with Gasteiger partial charge in [0.25, 0.3) is 5.91 Å². The first-order valence-electron chi connectivity index (χ1n) is 7.94. The molecule has 5 nitrogen and oxygen atoms in total. The summed E-state index contributed by atoms with van der Waals surface area (Å²) in [6, 6.07) is 9.19. The van der Waals surface area contributed by atoms with E-state index in [0.29, 0.717) is 17.7 Å². The van der Waals surface area contributed by atoms with E-state index in [1.54, 1.807) is 17.9 Å². The SMILES string of the molecule is CC(=O)c1ccc2c(c1)CCN2C(=O)c1ccn2cc(C)nc2c1. The maximum Gasteiger partial charge on any atom is 0.258 e. The minimum atomic E-state index is -0.0347. The van der Waals surface area contributed by atoms with E-state index in [9.17, 15) is 9.59 Å². The fourth-order valence-electron chi connectivity index (χ4n) is 3.23. The number of Topliss-reactive ketones (excluding diaryl/α,β-unsaturated/α-hetero) is 1. The minimum Gasteiger partial charge on any atom is -0.308 e. The summed E-state index contributed by atoms with van der Waals surface area (Å²) < 4.78 is 1.91. The zero-order valence-electron chi connectivity index (χ0n) is 13.6. The van der Waals surface area contributed by atoms with E-state index >= 15 is 0 Å². The van der Waals surface area contributed by atoms with Crippen LogP contribution >= 0.6 is 0 Å². The lowest BCUT2D eigenvalue weighted by molar-refractivity contribution is 0.0987. The van der Waals surface area contributed by atoms with Crippen LogP contribution in [0.25, 0.3) is 5.65 Å². The number of carbonyl (C=O) groups excluding carboxylic acids is 2. The molecule has 0 atom stereocenters. The highest BCUT2D eigenvalue weighted by molar-refractivity contribution is 6.08. The monoisotopic (exact) mass is 319 g/mol. The van der Waals surface area contributed by atoms with Gasteiger partial charge in [-0.2, -0.15) is 0 Å². The van der Waals surface area contributed by atoms with Crippen molar-refractivity contribution in [1.82, 2.24) is 9.38 Å². The van der Waals surface area contributed by atoms with Crippen LogP contribution in [0, 0.1) is 6.92 Å². The molecule has 3 aromatic rings. The van der Waals surface area contributed by atoms with E-state index in [1.807, 2.05) is 48.0 Å². The highest BCUT2D eigenvalue weighted by atomic mass is 16.2. The summed E-state index contributed by atoms with van der Waals surface area (Å²) in [5.74, 6) is 0.00943. The molecule has 2 aromatic heterocycles. The second-order valence-corrected chi connectivity index (χ2v) is 6.17. The number of benzene rings is 1. The molecule has 0 spiro atoms. The molecule has 0 aliphatic carbocycles. The lowest BCUT2D eigenvalue weighted by atomic mass is 10.1. The standard InChI is InChI=1S/C19H17N3O2/c1-12-11-21-7-5-16(10-18(21)20-12)19(24)22-8-6-15-9-14(13(2)23)3-4-17(15)22/h3-5,7,9-11H,6,8H2,1-2H3. The smallest absolute Gasteiger partial charge is 0.258 e. The van der Waals surface area contributed by atoms with Crippen molar-refractivity contribution in [1.29, 1.82) is 0 Å². The number of pyridine rings is 1. The van der Waals surface area contributed by atoms with Gasteiger partial charge in [0.1, 0.15) is 5.65 Å². The molecule has 24 heavy (non-hydrogen) atoms. The van der Waals surface area contributed by atoms with Crippen LogP contribution in [0.4, 0.5) is 5.69 Å². The van der Waals surface area contributed by atoms with E-state index in [4.69, 9.17) is 0 Å². The van der Waals surface area contributed by atoms with Crippen molar-refractivity contribution >= 4 is 23.0 Å². The molecule has 120 valence electrons. The van der Waals surface area contributed by atoms with E-state index < -0.39 is 0 Å². The number of nitrogens with zero attached hydrogens (tertiary/aromatic N) is 3. The Morgan fingerprint density at radius 1 is 1.12 bits per heavy atom. The zero-order chi connectivity index (χ0) is 16.8. The van der Waals surface area contributed by atoms with Gasteiger partial charge in [-0.15, -0.1) is 0 Å². The second kappa shape index (κ2) is 5.30. The van der Waals surface area contributed by atoms with Crippen molar-refractivity contribution in [3.63, 3.8) is 0 Å². The van der Waals surface area contributed by atoms with Crippen LogP contribution in [0.15, 0.2) is 42.7 Å². The van der Waals surface area contributed by atoms with Gasteiger partial charge in [0.15, 0.2) is 5.78 Å². The number of aryl methyl sites for hydroxylation is 1. The van der Waals surface area contributed by atoms with Crippen LogP contribution in [0.3, 0.4) is 0 Å². The fourth-order valence-corrected chi connectivity index (χ4v) is 3.23. The van der Waals surface area contributed by atoms with Gasteiger partial charge in [0.05, 0.1) is 5.69 Å². The van der Waals surface area contributed by atoms with Gasteiger partial charge in [-0.1, -0.05) is 0 Å². The predicted molar refractivity (Wildman–Crippen MR) is 91.8 cm³/mol. The Morgan fingerprint density at radius 3 is 2.75 bits per heavy atom. The molecule has 1 aliphatic rings. The first-order valence-corrected chi connectivity index (χ1v) is 7.94. The van der Waals surface area contributed by atoms with Gasteiger partial charge >= 0.3 is 0 Å². The number of fused-ring (bicyclic) bond motifs is 2. The number of hydrogen-bond donors (Lipinski definition) is 0. The summed E-state index contributed by atoms with van der Waals surface area (Å²) in [5, 5.41) is 0. The topological polar surface area (TPSA) is 54.7 Å². The first-order chi connectivity index (χ1) is 11.5. The van der Waals surface area contributed by atoms with Gasteiger partial charge in [0.2, 0.25) is 0 Å². The van der Waals surface area contributed by atoms with E-state index in [-0.39, 0.29) is 11.7 Å². The third-order valence-corrected chi connectivity index (χ3v) is 4.45. The summed E-state index contributed by atoms with van der Waals surface area (Å²) in [6.45, 7) is 4.12. The lowest BCUT2D eigenvalue weighted by Gasteiger charge is -2.17. The van der Waals surface area contributed by atoms with Crippen LogP contribution < -0.4 is 4.90 Å². The summed E-state index contributed by atoms with van der Waals surface area (Å²) in [7, 11) is 0. The fraction of sp³-hybridized carbons (Fsp3) is 0.211. The number of amides is 1. The molecule has 1 amide bonds. The van der Waals surface area contributed by atoms with Gasteiger partial charge in [-0.3, -0.25) is 9.59 Å². The minimum absolute atomic E-state index is 0.0347. The number of ketones is 1. The van der Waals surface area contributed by atoms with Crippen molar-refractivity contribution in [2.24, 2.45) is 0 Å². The molecule has 0 saturated heterocycles. The number of hydrogen-bond acceptors (Lipinski definition) is 3. The quantitative estimate of drug-likeness (QED) is 0.682. The molecular weight excluding hydrogens is 302 g/mol. The molecule has 0 radical (unpaired) electrons. The molecule has 5 heteroatoms. The van der Waals surface area contributed by atoms with E-state index in [1.165, 1.54) is 0 Å². The van der Waals surface area contributed by atoms with Crippen molar-refractivity contribution in [3.05, 3.63) is 65.1 Å². The van der Waals surface area contributed by atoms with Crippen molar-refractivity contribution < 1.29 is 9.59 Å². The van der Waals surface area contributed by atoms with E-state index in [0.717, 1.165) is 29.0 Å². The molecule has 0 unspecified atom stereocenters. The Kier molecular flexibility index (Phi) is 3.23. The molecule has 1 aliphatic heterocycles.